The molecule has 3 amide bonds. The Morgan fingerprint density at radius 1 is 1.43 bits per heavy atom. The Morgan fingerprint density at radius 3 is 2.90 bits per heavy atom. The molecule has 21 heavy (non-hydrogen) atoms. The van der Waals surface area contributed by atoms with Crippen LogP contribution < -0.4 is 20.7 Å². The summed E-state index contributed by atoms with van der Waals surface area (Å²) in [4.78, 5) is 34.2. The lowest BCUT2D eigenvalue weighted by atomic mass is 10.1. The van der Waals surface area contributed by atoms with Crippen LogP contribution in [0.5, 0.6) is 5.75 Å². The van der Waals surface area contributed by atoms with Gasteiger partial charge < -0.3 is 20.7 Å². The number of likely N-dealkylation sites (N-methyl/N-ethyl adjacent to an activating group) is 1. The highest BCUT2D eigenvalue weighted by Gasteiger charge is 2.27. The van der Waals surface area contributed by atoms with E-state index in [2.05, 4.69) is 16.0 Å². The largest absolute Gasteiger partial charge is 0.484 e. The number of carbonyl (C=O) groups is 3. The van der Waals surface area contributed by atoms with Crippen LogP contribution in [0.15, 0.2) is 24.3 Å². The zero-order valence-corrected chi connectivity index (χ0v) is 11.6. The zero-order chi connectivity index (χ0) is 15.2. The van der Waals surface area contributed by atoms with Gasteiger partial charge in [-0.15, -0.1) is 0 Å². The minimum Gasteiger partial charge on any atom is -0.484 e. The third-order valence-electron chi connectivity index (χ3n) is 3.10. The number of amides is 3. The topological polar surface area (TPSA) is 96.5 Å². The molecule has 0 saturated carbocycles. The van der Waals surface area contributed by atoms with E-state index in [9.17, 15) is 14.4 Å². The highest BCUT2D eigenvalue weighted by Crippen LogP contribution is 2.19. The van der Waals surface area contributed by atoms with Gasteiger partial charge in [-0.05, 0) is 12.1 Å². The van der Waals surface area contributed by atoms with E-state index in [0.717, 1.165) is 0 Å². The Balaban J connectivity index is 1.92. The summed E-state index contributed by atoms with van der Waals surface area (Å²) < 4.78 is 5.29. The van der Waals surface area contributed by atoms with E-state index in [0.29, 0.717) is 18.0 Å². The fourth-order valence-corrected chi connectivity index (χ4v) is 1.92. The van der Waals surface area contributed by atoms with Gasteiger partial charge in [-0.2, -0.15) is 0 Å². The molecule has 1 aromatic rings. The van der Waals surface area contributed by atoms with Crippen LogP contribution in [-0.4, -0.2) is 37.9 Å². The lowest BCUT2D eigenvalue weighted by molar-refractivity contribution is -0.123. The minimum atomic E-state index is -0.354. The number of carbonyl (C=O) groups excluding carboxylic acids is 3. The molecule has 2 rings (SSSR count). The summed E-state index contributed by atoms with van der Waals surface area (Å²) in [5.74, 6) is -0.431. The molecule has 7 nitrogen and oxygen atoms in total. The van der Waals surface area contributed by atoms with E-state index in [1.165, 1.54) is 7.05 Å². The van der Waals surface area contributed by atoms with Gasteiger partial charge in [0.1, 0.15) is 5.75 Å². The van der Waals surface area contributed by atoms with E-state index in [4.69, 9.17) is 4.74 Å². The predicted octanol–water partition coefficient (Wildman–Crippen LogP) is -0.114. The van der Waals surface area contributed by atoms with Crippen molar-refractivity contribution in [1.29, 1.82) is 0 Å². The Hall–Kier alpha value is -2.57. The standard InChI is InChI=1S/C14H17N3O4/c1-15-13(19)8-21-11-4-2-3-10(6-11)17-14(20)9-5-12(18)16-7-9/h2-4,6,9H,5,7-8H2,1H3,(H,15,19)(H,16,18)(H,17,20). The minimum absolute atomic E-state index is 0.0883. The van der Waals surface area contributed by atoms with Crippen LogP contribution in [-0.2, 0) is 14.4 Å². The fourth-order valence-electron chi connectivity index (χ4n) is 1.92. The van der Waals surface area contributed by atoms with Crippen LogP contribution in [0.3, 0.4) is 0 Å². The molecule has 1 atom stereocenters. The molecule has 3 N–H and O–H groups in total. The quantitative estimate of drug-likeness (QED) is 0.705. The van der Waals surface area contributed by atoms with Crippen LogP contribution in [0.25, 0.3) is 0 Å². The molecule has 1 aliphatic rings. The first-order valence-electron chi connectivity index (χ1n) is 6.59. The molecule has 0 radical (unpaired) electrons. The summed E-state index contributed by atoms with van der Waals surface area (Å²) in [6.45, 7) is 0.270. The average molecular weight is 291 g/mol. The normalized spacial score (nSPS) is 17.0. The molecule has 1 saturated heterocycles. The van der Waals surface area contributed by atoms with Crippen molar-refractivity contribution in [3.63, 3.8) is 0 Å². The zero-order valence-electron chi connectivity index (χ0n) is 11.6. The highest BCUT2D eigenvalue weighted by molar-refractivity contribution is 5.97. The van der Waals surface area contributed by atoms with Crippen LogP contribution in [0.1, 0.15) is 6.42 Å². The first-order valence-corrected chi connectivity index (χ1v) is 6.59. The molecule has 0 bridgehead atoms. The van der Waals surface area contributed by atoms with Crippen LogP contribution in [0, 0.1) is 5.92 Å². The van der Waals surface area contributed by atoms with Crippen molar-refractivity contribution in [2.24, 2.45) is 5.92 Å². The third-order valence-corrected chi connectivity index (χ3v) is 3.10. The van der Waals surface area contributed by atoms with E-state index in [-0.39, 0.29) is 36.7 Å². The number of anilines is 1. The number of ether oxygens (including phenoxy) is 1. The number of hydrogen-bond donors (Lipinski definition) is 3. The maximum Gasteiger partial charge on any atom is 0.257 e. The summed E-state index contributed by atoms with van der Waals surface area (Å²) in [6.07, 6.45) is 0.207. The second-order valence-corrected chi connectivity index (χ2v) is 4.68. The average Bonchev–Trinajstić information content (AvgIpc) is 2.92. The number of nitrogens with one attached hydrogen (secondary N) is 3. The molecular weight excluding hydrogens is 274 g/mol. The Labute approximate surface area is 122 Å². The molecule has 1 fully saturated rings. The van der Waals surface area contributed by atoms with Crippen LogP contribution in [0.4, 0.5) is 5.69 Å². The van der Waals surface area contributed by atoms with Crippen LogP contribution in [0.2, 0.25) is 0 Å². The number of benzene rings is 1. The van der Waals surface area contributed by atoms with Crippen molar-refractivity contribution in [2.45, 2.75) is 6.42 Å². The molecule has 0 aromatic heterocycles. The first-order chi connectivity index (χ1) is 10.1. The lowest BCUT2D eigenvalue weighted by Crippen LogP contribution is -2.25. The van der Waals surface area contributed by atoms with Crippen molar-refractivity contribution in [3.8, 4) is 5.75 Å². The molecule has 7 heteroatoms. The molecular formula is C14H17N3O4. The summed E-state index contributed by atoms with van der Waals surface area (Å²) in [5, 5.41) is 7.80. The van der Waals surface area contributed by atoms with E-state index in [1.54, 1.807) is 24.3 Å². The summed E-state index contributed by atoms with van der Waals surface area (Å²) in [7, 11) is 1.53. The molecule has 0 aliphatic carbocycles. The smallest absolute Gasteiger partial charge is 0.257 e. The van der Waals surface area contributed by atoms with Gasteiger partial charge in [-0.3, -0.25) is 14.4 Å². The summed E-state index contributed by atoms with van der Waals surface area (Å²) in [5.41, 5.74) is 0.564. The second kappa shape index (κ2) is 6.74. The fraction of sp³-hybridized carbons (Fsp3) is 0.357. The van der Waals surface area contributed by atoms with Gasteiger partial charge in [0.05, 0.1) is 5.92 Å². The van der Waals surface area contributed by atoms with Crippen LogP contribution >= 0.6 is 0 Å². The predicted molar refractivity (Wildman–Crippen MR) is 75.8 cm³/mol. The Morgan fingerprint density at radius 2 is 2.24 bits per heavy atom. The second-order valence-electron chi connectivity index (χ2n) is 4.68. The number of rotatable bonds is 5. The Bertz CT molecular complexity index is 559. The van der Waals surface area contributed by atoms with E-state index >= 15 is 0 Å². The Kier molecular flexibility index (Phi) is 4.76. The summed E-state index contributed by atoms with van der Waals surface area (Å²) in [6, 6.07) is 6.76. The van der Waals surface area contributed by atoms with Gasteiger partial charge in [0.25, 0.3) is 5.91 Å². The lowest BCUT2D eigenvalue weighted by Gasteiger charge is -2.11. The molecule has 112 valence electrons. The van der Waals surface area contributed by atoms with Crippen molar-refractivity contribution >= 4 is 23.4 Å². The molecule has 1 heterocycles. The highest BCUT2D eigenvalue weighted by atomic mass is 16.5. The molecule has 1 aliphatic heterocycles. The number of hydrogen-bond acceptors (Lipinski definition) is 4. The molecule has 0 spiro atoms. The van der Waals surface area contributed by atoms with E-state index < -0.39 is 0 Å². The maximum atomic E-state index is 12.0. The van der Waals surface area contributed by atoms with Gasteiger partial charge in [0.2, 0.25) is 11.8 Å². The molecule has 1 aromatic carbocycles. The van der Waals surface area contributed by atoms with Crippen molar-refractivity contribution < 1.29 is 19.1 Å². The van der Waals surface area contributed by atoms with Gasteiger partial charge in [-0.25, -0.2) is 0 Å². The monoisotopic (exact) mass is 291 g/mol. The van der Waals surface area contributed by atoms with Gasteiger partial charge >= 0.3 is 0 Å². The molecule has 1 unspecified atom stereocenters. The first kappa shape index (κ1) is 14.8. The van der Waals surface area contributed by atoms with E-state index in [1.807, 2.05) is 0 Å². The SMILES string of the molecule is CNC(=O)COc1cccc(NC(=O)C2CNC(=O)C2)c1. The third kappa shape index (κ3) is 4.20. The van der Waals surface area contributed by atoms with Gasteiger partial charge in [0.15, 0.2) is 6.61 Å². The van der Waals surface area contributed by atoms with Gasteiger partial charge in [-0.1, -0.05) is 6.07 Å². The van der Waals surface area contributed by atoms with Crippen molar-refractivity contribution in [1.82, 2.24) is 10.6 Å². The maximum absolute atomic E-state index is 12.0. The van der Waals surface area contributed by atoms with Crippen molar-refractivity contribution in [2.75, 3.05) is 25.5 Å². The van der Waals surface area contributed by atoms with Crippen molar-refractivity contribution in [3.05, 3.63) is 24.3 Å². The van der Waals surface area contributed by atoms with Gasteiger partial charge in [0, 0.05) is 31.8 Å². The summed E-state index contributed by atoms with van der Waals surface area (Å²) >= 11 is 0.